The van der Waals surface area contributed by atoms with Crippen LogP contribution in [0.5, 0.6) is 5.75 Å². The first-order valence-corrected chi connectivity index (χ1v) is 7.26. The van der Waals surface area contributed by atoms with Crippen LogP contribution < -0.4 is 10.1 Å². The van der Waals surface area contributed by atoms with Crippen molar-refractivity contribution in [3.05, 3.63) is 29.8 Å². The Bertz CT molecular complexity index is 442. The molecule has 21 heavy (non-hydrogen) atoms. The molecule has 0 aliphatic carbocycles. The van der Waals surface area contributed by atoms with Gasteiger partial charge in [-0.05, 0) is 31.9 Å². The number of ether oxygens (including phenoxy) is 1. The molecule has 0 aliphatic heterocycles. The average molecular weight is 293 g/mol. The second-order valence-corrected chi connectivity index (χ2v) is 5.01. The fourth-order valence-electron chi connectivity index (χ4n) is 1.82. The first-order chi connectivity index (χ1) is 10.1. The minimum Gasteiger partial charge on any atom is -0.484 e. The molecule has 0 saturated heterocycles. The molecule has 1 rings (SSSR count). The molecule has 0 heterocycles. The van der Waals surface area contributed by atoms with Crippen molar-refractivity contribution in [1.82, 2.24) is 5.32 Å². The Morgan fingerprint density at radius 3 is 2.43 bits per heavy atom. The molecule has 5 heteroatoms. The lowest BCUT2D eigenvalue weighted by molar-refractivity contribution is -0.137. The van der Waals surface area contributed by atoms with Gasteiger partial charge in [-0.1, -0.05) is 30.5 Å². The molecule has 0 saturated carbocycles. The van der Waals surface area contributed by atoms with E-state index < -0.39 is 5.97 Å². The van der Waals surface area contributed by atoms with Gasteiger partial charge in [-0.3, -0.25) is 9.59 Å². The monoisotopic (exact) mass is 293 g/mol. The van der Waals surface area contributed by atoms with E-state index in [1.165, 1.54) is 0 Å². The number of carbonyl (C=O) groups is 2. The van der Waals surface area contributed by atoms with E-state index in [2.05, 4.69) is 5.32 Å². The third kappa shape index (κ3) is 8.68. The molecule has 1 aromatic rings. The minimum absolute atomic E-state index is 0.0159. The van der Waals surface area contributed by atoms with E-state index in [0.717, 1.165) is 24.8 Å². The van der Waals surface area contributed by atoms with Crippen LogP contribution in [0, 0.1) is 6.92 Å². The largest absolute Gasteiger partial charge is 0.484 e. The van der Waals surface area contributed by atoms with E-state index in [9.17, 15) is 9.59 Å². The highest BCUT2D eigenvalue weighted by Crippen LogP contribution is 2.10. The highest BCUT2D eigenvalue weighted by atomic mass is 16.5. The first-order valence-electron chi connectivity index (χ1n) is 7.26. The van der Waals surface area contributed by atoms with Crippen LogP contribution in [0.1, 0.15) is 37.7 Å². The number of hydrogen-bond acceptors (Lipinski definition) is 3. The lowest BCUT2D eigenvalue weighted by atomic mass is 10.1. The molecule has 1 aromatic carbocycles. The smallest absolute Gasteiger partial charge is 0.303 e. The molecule has 1 amide bonds. The quantitative estimate of drug-likeness (QED) is 0.650. The number of carbonyl (C=O) groups excluding carboxylic acids is 1. The van der Waals surface area contributed by atoms with Gasteiger partial charge in [-0.2, -0.15) is 0 Å². The molecular formula is C16H23NO4. The Kier molecular flexibility index (Phi) is 7.94. The maximum absolute atomic E-state index is 11.5. The normalized spacial score (nSPS) is 10.1. The highest BCUT2D eigenvalue weighted by molar-refractivity contribution is 5.77. The number of carboxylic acids is 1. The summed E-state index contributed by atoms with van der Waals surface area (Å²) in [5.41, 5.74) is 1.15. The fraction of sp³-hybridized carbons (Fsp3) is 0.500. The van der Waals surface area contributed by atoms with Crippen molar-refractivity contribution < 1.29 is 19.4 Å². The number of benzene rings is 1. The Labute approximate surface area is 125 Å². The van der Waals surface area contributed by atoms with E-state index in [-0.39, 0.29) is 18.9 Å². The number of unbranched alkanes of at least 4 members (excludes halogenated alkanes) is 3. The van der Waals surface area contributed by atoms with Crippen LogP contribution in [-0.2, 0) is 9.59 Å². The average Bonchev–Trinajstić information content (AvgIpc) is 2.45. The Morgan fingerprint density at radius 1 is 1.10 bits per heavy atom. The first kappa shape index (κ1) is 17.0. The molecule has 116 valence electrons. The molecule has 0 radical (unpaired) electrons. The Balaban J connectivity index is 2.01. The van der Waals surface area contributed by atoms with E-state index in [1.54, 1.807) is 0 Å². The van der Waals surface area contributed by atoms with Gasteiger partial charge in [0.05, 0.1) is 0 Å². The summed E-state index contributed by atoms with van der Waals surface area (Å²) in [4.78, 5) is 21.9. The van der Waals surface area contributed by atoms with Gasteiger partial charge in [-0.15, -0.1) is 0 Å². The molecule has 2 N–H and O–H groups in total. The van der Waals surface area contributed by atoms with Crippen LogP contribution in [0.2, 0.25) is 0 Å². The predicted molar refractivity (Wildman–Crippen MR) is 80.4 cm³/mol. The number of amides is 1. The zero-order chi connectivity index (χ0) is 15.5. The summed E-state index contributed by atoms with van der Waals surface area (Å²) in [6.07, 6.45) is 3.57. The second kappa shape index (κ2) is 9.80. The van der Waals surface area contributed by atoms with Crippen molar-refractivity contribution in [2.75, 3.05) is 13.2 Å². The summed E-state index contributed by atoms with van der Waals surface area (Å²) < 4.78 is 5.37. The summed E-state index contributed by atoms with van der Waals surface area (Å²) in [6, 6.07) is 7.55. The topological polar surface area (TPSA) is 75.6 Å². The number of aryl methyl sites for hydroxylation is 1. The van der Waals surface area contributed by atoms with Crippen molar-refractivity contribution in [3.8, 4) is 5.75 Å². The maximum Gasteiger partial charge on any atom is 0.303 e. The molecule has 0 bridgehead atoms. The summed E-state index contributed by atoms with van der Waals surface area (Å²) in [6.45, 7) is 2.61. The number of nitrogens with one attached hydrogen (secondary N) is 1. The van der Waals surface area contributed by atoms with Gasteiger partial charge < -0.3 is 15.2 Å². The van der Waals surface area contributed by atoms with E-state index >= 15 is 0 Å². The van der Waals surface area contributed by atoms with E-state index in [4.69, 9.17) is 9.84 Å². The molecular weight excluding hydrogens is 270 g/mol. The summed E-state index contributed by atoms with van der Waals surface area (Å²) in [7, 11) is 0. The predicted octanol–water partition coefficient (Wildman–Crippen LogP) is 2.53. The van der Waals surface area contributed by atoms with Crippen molar-refractivity contribution >= 4 is 11.9 Å². The van der Waals surface area contributed by atoms with E-state index in [1.807, 2.05) is 31.2 Å². The molecule has 0 aliphatic rings. The minimum atomic E-state index is -0.753. The van der Waals surface area contributed by atoms with Crippen LogP contribution in [0.25, 0.3) is 0 Å². The van der Waals surface area contributed by atoms with Gasteiger partial charge in [0, 0.05) is 13.0 Å². The van der Waals surface area contributed by atoms with E-state index in [0.29, 0.717) is 18.7 Å². The van der Waals surface area contributed by atoms with Gasteiger partial charge in [-0.25, -0.2) is 0 Å². The third-order valence-electron chi connectivity index (χ3n) is 3.03. The standard InChI is InChI=1S/C16H23NO4/c1-13-7-9-14(10-8-13)21-12-15(18)17-11-5-3-2-4-6-16(19)20/h7-10H,2-6,11-12H2,1H3,(H,17,18)(H,19,20). The number of carboxylic acid groups (broad SMARTS) is 1. The van der Waals surface area contributed by atoms with Gasteiger partial charge in [0.15, 0.2) is 6.61 Å². The molecule has 5 nitrogen and oxygen atoms in total. The van der Waals surface area contributed by atoms with Gasteiger partial charge in [0.1, 0.15) is 5.75 Å². The van der Waals surface area contributed by atoms with Gasteiger partial charge in [0.25, 0.3) is 5.91 Å². The van der Waals surface area contributed by atoms with Crippen LogP contribution >= 0.6 is 0 Å². The summed E-state index contributed by atoms with van der Waals surface area (Å²) in [5, 5.41) is 11.3. The van der Waals surface area contributed by atoms with Crippen molar-refractivity contribution in [2.24, 2.45) is 0 Å². The third-order valence-corrected chi connectivity index (χ3v) is 3.03. The maximum atomic E-state index is 11.5. The lowest BCUT2D eigenvalue weighted by Gasteiger charge is -2.07. The van der Waals surface area contributed by atoms with Crippen molar-refractivity contribution in [1.29, 1.82) is 0 Å². The number of hydrogen-bond donors (Lipinski definition) is 2. The van der Waals surface area contributed by atoms with Crippen LogP contribution in [-0.4, -0.2) is 30.1 Å². The SMILES string of the molecule is Cc1ccc(OCC(=O)NCCCCCCC(=O)O)cc1. The molecule has 0 spiro atoms. The lowest BCUT2D eigenvalue weighted by Crippen LogP contribution is -2.29. The van der Waals surface area contributed by atoms with Crippen molar-refractivity contribution in [3.63, 3.8) is 0 Å². The van der Waals surface area contributed by atoms with Crippen LogP contribution in [0.4, 0.5) is 0 Å². The Morgan fingerprint density at radius 2 is 1.76 bits per heavy atom. The van der Waals surface area contributed by atoms with Gasteiger partial charge in [0.2, 0.25) is 0 Å². The molecule has 0 aromatic heterocycles. The zero-order valence-corrected chi connectivity index (χ0v) is 12.4. The number of rotatable bonds is 10. The zero-order valence-electron chi connectivity index (χ0n) is 12.4. The molecule has 0 fully saturated rings. The number of aliphatic carboxylic acids is 1. The van der Waals surface area contributed by atoms with Crippen molar-refractivity contribution in [2.45, 2.75) is 39.0 Å². The van der Waals surface area contributed by atoms with Crippen LogP contribution in [0.3, 0.4) is 0 Å². The molecule has 0 atom stereocenters. The summed E-state index contributed by atoms with van der Waals surface area (Å²) >= 11 is 0. The fourth-order valence-corrected chi connectivity index (χ4v) is 1.82. The van der Waals surface area contributed by atoms with Crippen LogP contribution in [0.15, 0.2) is 24.3 Å². The second-order valence-electron chi connectivity index (χ2n) is 5.01. The van der Waals surface area contributed by atoms with Gasteiger partial charge >= 0.3 is 5.97 Å². The highest BCUT2D eigenvalue weighted by Gasteiger charge is 2.02. The summed E-state index contributed by atoms with van der Waals surface area (Å²) in [5.74, 6) is -0.206. The molecule has 0 unspecified atom stereocenters. The Hall–Kier alpha value is -2.04.